The van der Waals surface area contributed by atoms with Crippen molar-refractivity contribution in [3.63, 3.8) is 0 Å². The molecule has 0 saturated heterocycles. The number of amides is 1. The van der Waals surface area contributed by atoms with Gasteiger partial charge < -0.3 is 19.9 Å². The minimum Gasteiger partial charge on any atom is -0.465 e. The Balaban J connectivity index is 1.65. The number of carbonyl (C=O) groups is 3. The average Bonchev–Trinajstić information content (AvgIpc) is 2.91. The molecular weight excluding hydrogens is 532 g/mol. The number of carbonyl (C=O) groups excluding carboxylic acids is 3. The second-order valence-corrected chi connectivity index (χ2v) is 15.7. The number of ether oxygens (including phenoxy) is 2. The molecule has 5 rings (SSSR count). The third-order valence-corrected chi connectivity index (χ3v) is 13.0. The maximum absolute atomic E-state index is 14.6. The number of alkyl carbamates (subject to hydrolysis) is 1. The van der Waals surface area contributed by atoms with E-state index >= 15 is 0 Å². The number of esters is 1. The highest BCUT2D eigenvalue weighted by Crippen LogP contribution is 2.73. The minimum absolute atomic E-state index is 0.000511. The lowest BCUT2D eigenvalue weighted by Gasteiger charge is -2.69. The van der Waals surface area contributed by atoms with E-state index in [4.69, 9.17) is 9.47 Å². The van der Waals surface area contributed by atoms with Crippen LogP contribution in [0.4, 0.5) is 4.79 Å². The lowest BCUT2D eigenvalue weighted by atomic mass is 9.35. The Labute approximate surface area is 250 Å². The third-order valence-electron chi connectivity index (χ3n) is 13.0. The van der Waals surface area contributed by atoms with E-state index in [1.807, 2.05) is 19.1 Å². The van der Waals surface area contributed by atoms with E-state index in [1.165, 1.54) is 14.0 Å². The molecule has 0 spiro atoms. The molecule has 5 aliphatic carbocycles. The molecule has 3 unspecified atom stereocenters. The Hall–Kier alpha value is -2.66. The normalized spacial score (nSPS) is 45.4. The molecule has 0 aliphatic heterocycles. The van der Waals surface area contributed by atoms with Gasteiger partial charge in [0.15, 0.2) is 5.78 Å². The molecule has 0 heterocycles. The van der Waals surface area contributed by atoms with E-state index in [-0.39, 0.29) is 52.0 Å². The molecule has 3 fully saturated rings. The number of nitrogens with one attached hydrogen (secondary N) is 1. The smallest absolute Gasteiger partial charge is 0.407 e. The van der Waals surface area contributed by atoms with Gasteiger partial charge in [0.1, 0.15) is 0 Å². The zero-order valence-electron chi connectivity index (χ0n) is 26.6. The fourth-order valence-corrected chi connectivity index (χ4v) is 10.5. The molecule has 0 bridgehead atoms. The van der Waals surface area contributed by atoms with E-state index < -0.39 is 34.5 Å². The molecule has 8 nitrogen and oxygen atoms in total. The zero-order chi connectivity index (χ0) is 31.1. The van der Waals surface area contributed by atoms with Crippen LogP contribution in [0.25, 0.3) is 0 Å². The lowest BCUT2D eigenvalue weighted by molar-refractivity contribution is -0.168. The topological polar surface area (TPSA) is 126 Å². The maximum atomic E-state index is 14.6. The molecule has 2 N–H and O–H groups in total. The number of fused-ring (bicyclic) bond motifs is 7. The van der Waals surface area contributed by atoms with Crippen molar-refractivity contribution in [2.75, 3.05) is 13.7 Å². The molecule has 230 valence electrons. The quantitative estimate of drug-likeness (QED) is 0.413. The summed E-state index contributed by atoms with van der Waals surface area (Å²) in [6, 6.07) is 2.22. The number of methoxy groups -OCH3 is 1. The van der Waals surface area contributed by atoms with E-state index in [0.717, 1.165) is 50.5 Å². The molecule has 9 atom stereocenters. The predicted molar refractivity (Wildman–Crippen MR) is 157 cm³/mol. The number of rotatable bonds is 3. The number of hydrogen-bond acceptors (Lipinski definition) is 7. The van der Waals surface area contributed by atoms with Crippen molar-refractivity contribution in [3.8, 4) is 6.07 Å². The fraction of sp³-hybridized carbons (Fsp3) is 0.765. The van der Waals surface area contributed by atoms with Gasteiger partial charge in [0.25, 0.3) is 0 Å². The monoisotopic (exact) mass is 580 g/mol. The highest BCUT2D eigenvalue weighted by molar-refractivity contribution is 5.95. The van der Waals surface area contributed by atoms with Crippen LogP contribution in [0.3, 0.4) is 0 Å². The van der Waals surface area contributed by atoms with Crippen LogP contribution in [0.5, 0.6) is 0 Å². The average molecular weight is 581 g/mol. The van der Waals surface area contributed by atoms with Gasteiger partial charge in [-0.15, -0.1) is 0 Å². The Morgan fingerprint density at radius 1 is 1.10 bits per heavy atom. The van der Waals surface area contributed by atoms with E-state index in [1.54, 1.807) is 0 Å². The Kier molecular flexibility index (Phi) is 7.09. The Morgan fingerprint density at radius 3 is 2.38 bits per heavy atom. The highest BCUT2D eigenvalue weighted by atomic mass is 16.5. The zero-order valence-corrected chi connectivity index (χ0v) is 26.6. The molecule has 42 heavy (non-hydrogen) atoms. The van der Waals surface area contributed by atoms with E-state index in [9.17, 15) is 24.8 Å². The Bertz CT molecular complexity index is 1310. The summed E-state index contributed by atoms with van der Waals surface area (Å²) in [5, 5.41) is 24.7. The van der Waals surface area contributed by atoms with Gasteiger partial charge in [0, 0.05) is 29.2 Å². The number of aliphatic hydroxyl groups is 1. The first kappa shape index (κ1) is 30.8. The third kappa shape index (κ3) is 4.12. The van der Waals surface area contributed by atoms with Crippen molar-refractivity contribution in [1.29, 1.82) is 5.26 Å². The number of aliphatic hydroxyl groups excluding tert-OH is 1. The van der Waals surface area contributed by atoms with Gasteiger partial charge in [-0.1, -0.05) is 53.2 Å². The number of hydrogen-bond donors (Lipinski definition) is 2. The second kappa shape index (κ2) is 9.67. The molecule has 5 aliphatic rings. The van der Waals surface area contributed by atoms with Gasteiger partial charge in [-0.25, -0.2) is 4.79 Å². The van der Waals surface area contributed by atoms with Gasteiger partial charge in [-0.05, 0) is 79.1 Å². The molecule has 0 aromatic rings. The van der Waals surface area contributed by atoms with Crippen LogP contribution in [0, 0.1) is 56.2 Å². The summed E-state index contributed by atoms with van der Waals surface area (Å²) in [7, 11) is 1.39. The summed E-state index contributed by atoms with van der Waals surface area (Å²) >= 11 is 0. The summed E-state index contributed by atoms with van der Waals surface area (Å²) in [5.74, 6) is -0.772. The van der Waals surface area contributed by atoms with Crippen molar-refractivity contribution < 1.29 is 29.0 Å². The molecule has 3 saturated carbocycles. The van der Waals surface area contributed by atoms with Crippen LogP contribution in [0.1, 0.15) is 93.4 Å². The fourth-order valence-electron chi connectivity index (χ4n) is 10.5. The Morgan fingerprint density at radius 2 is 1.76 bits per heavy atom. The minimum atomic E-state index is -1.07. The second-order valence-electron chi connectivity index (χ2n) is 15.7. The first-order valence-electron chi connectivity index (χ1n) is 15.5. The van der Waals surface area contributed by atoms with E-state index in [2.05, 4.69) is 46.0 Å². The lowest BCUT2D eigenvalue weighted by Crippen LogP contribution is -2.70. The van der Waals surface area contributed by atoms with Gasteiger partial charge in [0.2, 0.25) is 0 Å². The first-order chi connectivity index (χ1) is 19.4. The summed E-state index contributed by atoms with van der Waals surface area (Å²) in [6.07, 6.45) is 7.99. The number of allylic oxidation sites excluding steroid dienone is 3. The van der Waals surface area contributed by atoms with E-state index in [0.29, 0.717) is 0 Å². The molecule has 0 aromatic heterocycles. The van der Waals surface area contributed by atoms with Crippen molar-refractivity contribution in [2.24, 2.45) is 44.8 Å². The number of nitriles is 1. The van der Waals surface area contributed by atoms with Crippen LogP contribution in [0.15, 0.2) is 23.3 Å². The van der Waals surface area contributed by atoms with Crippen LogP contribution < -0.4 is 5.32 Å². The number of ketones is 1. The van der Waals surface area contributed by atoms with Crippen LogP contribution >= 0.6 is 0 Å². The van der Waals surface area contributed by atoms with Crippen LogP contribution in [-0.2, 0) is 19.1 Å². The molecule has 0 radical (unpaired) electrons. The van der Waals surface area contributed by atoms with Gasteiger partial charge in [-0.3, -0.25) is 9.59 Å². The summed E-state index contributed by atoms with van der Waals surface area (Å²) < 4.78 is 10.6. The van der Waals surface area contributed by atoms with Crippen molar-refractivity contribution in [3.05, 3.63) is 23.3 Å². The summed E-state index contributed by atoms with van der Waals surface area (Å²) in [5.41, 5.74) is -1.46. The standard InChI is InChI=1S/C34H48N2O6/c1-20(37)42-19-31(5)24-9-10-32(6)25(30(24,4)16-21(18-35)27(31)39)15-23(38)26-22-17-29(2,3)11-13-34(22,36-28(40)41-8)14-12-33(26,32)7/h15-16,22,24,26-27,39H,9-14,17,19H2,1-8H3,(H,36,40)/t22?,24-,26?,27?,30+,31+,32-,33-,34+/m1/s1. The number of nitrogens with zero attached hydrogens (tertiary/aromatic N) is 1. The van der Waals surface area contributed by atoms with Crippen molar-refractivity contribution >= 4 is 17.8 Å². The van der Waals surface area contributed by atoms with Gasteiger partial charge in [-0.2, -0.15) is 5.26 Å². The first-order valence-corrected chi connectivity index (χ1v) is 15.5. The van der Waals surface area contributed by atoms with Crippen molar-refractivity contribution in [2.45, 2.75) is 105 Å². The largest absolute Gasteiger partial charge is 0.465 e. The van der Waals surface area contributed by atoms with Crippen LogP contribution in [0.2, 0.25) is 0 Å². The molecule has 0 aromatic carbocycles. The van der Waals surface area contributed by atoms with Crippen LogP contribution in [-0.4, -0.2) is 48.3 Å². The predicted octanol–water partition coefficient (Wildman–Crippen LogP) is 5.65. The molecular formula is C34H48N2O6. The highest BCUT2D eigenvalue weighted by Gasteiger charge is 2.70. The SMILES string of the molecule is COC(=O)N[C@]12CCC(C)(C)CC1C1C(=O)C=C3[C@@]4(C)C=C(C#N)C(O)[C@@](C)(COC(C)=O)[C@@H]4CC[C@@]3(C)[C@]1(C)CC2. The van der Waals surface area contributed by atoms with Gasteiger partial charge in [0.05, 0.1) is 31.5 Å². The van der Waals surface area contributed by atoms with Crippen molar-refractivity contribution in [1.82, 2.24) is 5.32 Å². The maximum Gasteiger partial charge on any atom is 0.407 e. The summed E-state index contributed by atoms with van der Waals surface area (Å²) in [6.45, 7) is 14.4. The molecule has 8 heteroatoms. The molecule has 1 amide bonds. The van der Waals surface area contributed by atoms with Gasteiger partial charge >= 0.3 is 12.1 Å². The summed E-state index contributed by atoms with van der Waals surface area (Å²) in [4.78, 5) is 39.1.